The number of nitrogens with zero attached hydrogens (tertiary/aromatic N) is 3. The standard InChI is InChI=1S/C20H23ClN4O3/c1-13-17(20(27)24-16-5-3-15(21)4-6-16)11-22-19(23-13)14-7-9-25(12-14)18(26)8-10-28-2/h3-6,11,14H,7-10,12H2,1-2H3,(H,24,27)/t14-/m1/s1. The average molecular weight is 403 g/mol. The molecule has 1 aromatic heterocycles. The number of aryl methyl sites for hydroxylation is 1. The molecule has 2 aromatic rings. The Balaban J connectivity index is 1.64. The lowest BCUT2D eigenvalue weighted by molar-refractivity contribution is -0.131. The van der Waals surface area contributed by atoms with Crippen LogP contribution in [0, 0.1) is 6.92 Å². The second-order valence-electron chi connectivity index (χ2n) is 6.76. The Labute approximate surface area is 169 Å². The molecule has 1 aliphatic heterocycles. The molecule has 28 heavy (non-hydrogen) atoms. The molecule has 7 nitrogen and oxygen atoms in total. The Morgan fingerprint density at radius 2 is 2.07 bits per heavy atom. The molecule has 2 amide bonds. The zero-order valence-electron chi connectivity index (χ0n) is 15.9. The highest BCUT2D eigenvalue weighted by molar-refractivity contribution is 6.30. The van der Waals surface area contributed by atoms with Crippen LogP contribution in [0.3, 0.4) is 0 Å². The smallest absolute Gasteiger partial charge is 0.259 e. The summed E-state index contributed by atoms with van der Waals surface area (Å²) < 4.78 is 4.97. The fourth-order valence-electron chi connectivity index (χ4n) is 3.18. The summed E-state index contributed by atoms with van der Waals surface area (Å²) in [4.78, 5) is 35.4. The van der Waals surface area contributed by atoms with Crippen LogP contribution in [0.25, 0.3) is 0 Å². The fraction of sp³-hybridized carbons (Fsp3) is 0.400. The van der Waals surface area contributed by atoms with Gasteiger partial charge in [0.1, 0.15) is 5.82 Å². The van der Waals surface area contributed by atoms with Crippen LogP contribution in [0.1, 0.15) is 40.6 Å². The minimum atomic E-state index is -0.269. The minimum Gasteiger partial charge on any atom is -0.384 e. The van der Waals surface area contributed by atoms with Crippen LogP contribution in [-0.2, 0) is 9.53 Å². The number of carbonyl (C=O) groups is 2. The molecule has 0 bridgehead atoms. The molecule has 1 aromatic carbocycles. The molecular weight excluding hydrogens is 380 g/mol. The number of aromatic nitrogens is 2. The molecule has 8 heteroatoms. The number of carbonyl (C=O) groups excluding carboxylic acids is 2. The van der Waals surface area contributed by atoms with Gasteiger partial charge in [0.2, 0.25) is 5.91 Å². The minimum absolute atomic E-state index is 0.0820. The number of nitrogens with one attached hydrogen (secondary N) is 1. The molecular formula is C20H23ClN4O3. The highest BCUT2D eigenvalue weighted by Crippen LogP contribution is 2.25. The Bertz CT molecular complexity index is 857. The normalized spacial score (nSPS) is 16.2. The van der Waals surface area contributed by atoms with Gasteiger partial charge >= 0.3 is 0 Å². The van der Waals surface area contributed by atoms with Gasteiger partial charge in [-0.25, -0.2) is 9.97 Å². The van der Waals surface area contributed by atoms with E-state index in [4.69, 9.17) is 16.3 Å². The van der Waals surface area contributed by atoms with Crippen LogP contribution in [0.5, 0.6) is 0 Å². The number of hydrogen-bond acceptors (Lipinski definition) is 5. The maximum absolute atomic E-state index is 12.5. The number of halogens is 1. The van der Waals surface area contributed by atoms with Crippen molar-refractivity contribution in [2.45, 2.75) is 25.7 Å². The number of hydrogen-bond donors (Lipinski definition) is 1. The zero-order valence-corrected chi connectivity index (χ0v) is 16.7. The third-order valence-corrected chi connectivity index (χ3v) is 5.02. The summed E-state index contributed by atoms with van der Waals surface area (Å²) in [5.41, 5.74) is 1.68. The SMILES string of the molecule is COCCC(=O)N1CC[C@@H](c2ncc(C(=O)Nc3ccc(Cl)cc3)c(C)n2)C1. The number of ether oxygens (including phenoxy) is 1. The Morgan fingerprint density at radius 1 is 1.32 bits per heavy atom. The highest BCUT2D eigenvalue weighted by atomic mass is 35.5. The van der Waals surface area contributed by atoms with Crippen molar-refractivity contribution in [1.29, 1.82) is 0 Å². The number of anilines is 1. The lowest BCUT2D eigenvalue weighted by Gasteiger charge is -2.16. The maximum Gasteiger partial charge on any atom is 0.259 e. The van der Waals surface area contributed by atoms with E-state index in [1.807, 2.05) is 4.90 Å². The van der Waals surface area contributed by atoms with Gasteiger partial charge in [0.05, 0.1) is 24.3 Å². The first-order chi connectivity index (χ1) is 13.5. The topological polar surface area (TPSA) is 84.4 Å². The zero-order chi connectivity index (χ0) is 20.1. The second-order valence-corrected chi connectivity index (χ2v) is 7.19. The number of benzene rings is 1. The van der Waals surface area contributed by atoms with E-state index in [1.54, 1.807) is 44.5 Å². The van der Waals surface area contributed by atoms with Crippen molar-refractivity contribution in [1.82, 2.24) is 14.9 Å². The summed E-state index contributed by atoms with van der Waals surface area (Å²) in [6, 6.07) is 6.89. The lowest BCUT2D eigenvalue weighted by atomic mass is 10.1. The average Bonchev–Trinajstić information content (AvgIpc) is 3.18. The van der Waals surface area contributed by atoms with Gasteiger partial charge in [-0.05, 0) is 37.6 Å². The molecule has 1 saturated heterocycles. The van der Waals surface area contributed by atoms with Crippen molar-refractivity contribution >= 4 is 29.1 Å². The molecule has 0 radical (unpaired) electrons. The molecule has 0 aliphatic carbocycles. The number of likely N-dealkylation sites (tertiary alicyclic amines) is 1. The molecule has 1 aliphatic rings. The first-order valence-electron chi connectivity index (χ1n) is 9.15. The molecule has 2 heterocycles. The predicted octanol–water partition coefficient (Wildman–Crippen LogP) is 3.04. The van der Waals surface area contributed by atoms with Gasteiger partial charge in [-0.15, -0.1) is 0 Å². The first-order valence-corrected chi connectivity index (χ1v) is 9.53. The van der Waals surface area contributed by atoms with Crippen molar-refractivity contribution in [3.8, 4) is 0 Å². The van der Waals surface area contributed by atoms with Crippen LogP contribution in [0.15, 0.2) is 30.5 Å². The van der Waals surface area contributed by atoms with Crippen LogP contribution < -0.4 is 5.32 Å². The summed E-state index contributed by atoms with van der Waals surface area (Å²) in [6.45, 7) is 3.50. The summed E-state index contributed by atoms with van der Waals surface area (Å²) in [5.74, 6) is 0.565. The van der Waals surface area contributed by atoms with E-state index in [1.165, 1.54) is 0 Å². The quantitative estimate of drug-likeness (QED) is 0.802. The van der Waals surface area contributed by atoms with Gasteiger partial charge in [0.25, 0.3) is 5.91 Å². The molecule has 0 saturated carbocycles. The largest absolute Gasteiger partial charge is 0.384 e. The summed E-state index contributed by atoms with van der Waals surface area (Å²) in [7, 11) is 1.58. The van der Waals surface area contributed by atoms with E-state index in [9.17, 15) is 9.59 Å². The Morgan fingerprint density at radius 3 is 2.75 bits per heavy atom. The molecule has 1 atom stereocenters. The van der Waals surface area contributed by atoms with Crippen molar-refractivity contribution in [2.75, 3.05) is 32.1 Å². The van der Waals surface area contributed by atoms with Gasteiger partial charge in [-0.1, -0.05) is 11.6 Å². The fourth-order valence-corrected chi connectivity index (χ4v) is 3.31. The van der Waals surface area contributed by atoms with Crippen molar-refractivity contribution < 1.29 is 14.3 Å². The Kier molecular flexibility index (Phi) is 6.59. The van der Waals surface area contributed by atoms with E-state index in [-0.39, 0.29) is 17.7 Å². The molecule has 3 rings (SSSR count). The number of amides is 2. The van der Waals surface area contributed by atoms with Crippen molar-refractivity contribution in [3.05, 3.63) is 52.6 Å². The number of rotatable bonds is 6. The van der Waals surface area contributed by atoms with E-state index >= 15 is 0 Å². The summed E-state index contributed by atoms with van der Waals surface area (Å²) in [5, 5.41) is 3.42. The molecule has 0 unspecified atom stereocenters. The second kappa shape index (κ2) is 9.12. The number of methoxy groups -OCH3 is 1. The molecule has 0 spiro atoms. The van der Waals surface area contributed by atoms with E-state index < -0.39 is 0 Å². The summed E-state index contributed by atoms with van der Waals surface area (Å²) in [6.07, 6.45) is 2.75. The Hall–Kier alpha value is -2.51. The third kappa shape index (κ3) is 4.85. The van der Waals surface area contributed by atoms with Crippen molar-refractivity contribution in [3.63, 3.8) is 0 Å². The van der Waals surface area contributed by atoms with E-state index in [0.29, 0.717) is 53.9 Å². The van der Waals surface area contributed by atoms with E-state index in [2.05, 4.69) is 15.3 Å². The molecule has 1 fully saturated rings. The highest BCUT2D eigenvalue weighted by Gasteiger charge is 2.29. The molecule has 148 valence electrons. The predicted molar refractivity (Wildman–Crippen MR) is 107 cm³/mol. The molecule has 1 N–H and O–H groups in total. The van der Waals surface area contributed by atoms with E-state index in [0.717, 1.165) is 6.42 Å². The van der Waals surface area contributed by atoms with Gasteiger partial charge in [0, 0.05) is 43.0 Å². The first kappa shape index (κ1) is 20.2. The van der Waals surface area contributed by atoms with Gasteiger partial charge in [-0.3, -0.25) is 9.59 Å². The van der Waals surface area contributed by atoms with Crippen LogP contribution >= 0.6 is 11.6 Å². The third-order valence-electron chi connectivity index (χ3n) is 4.77. The van der Waals surface area contributed by atoms with Crippen LogP contribution in [0.2, 0.25) is 5.02 Å². The monoisotopic (exact) mass is 402 g/mol. The van der Waals surface area contributed by atoms with Crippen LogP contribution in [-0.4, -0.2) is 53.5 Å². The lowest BCUT2D eigenvalue weighted by Crippen LogP contribution is -2.29. The van der Waals surface area contributed by atoms with Gasteiger partial charge < -0.3 is 15.0 Å². The van der Waals surface area contributed by atoms with Gasteiger partial charge in [0.15, 0.2) is 0 Å². The van der Waals surface area contributed by atoms with Gasteiger partial charge in [-0.2, -0.15) is 0 Å². The van der Waals surface area contributed by atoms with Crippen LogP contribution in [0.4, 0.5) is 5.69 Å². The summed E-state index contributed by atoms with van der Waals surface area (Å²) >= 11 is 5.86. The van der Waals surface area contributed by atoms with Crippen molar-refractivity contribution in [2.24, 2.45) is 0 Å². The maximum atomic E-state index is 12.5.